The minimum atomic E-state index is -0.749. The van der Waals surface area contributed by atoms with E-state index in [-0.39, 0.29) is 0 Å². The Morgan fingerprint density at radius 1 is 1.29 bits per heavy atom. The van der Waals surface area contributed by atoms with E-state index >= 15 is 0 Å². The van der Waals surface area contributed by atoms with Gasteiger partial charge in [0.25, 0.3) is 0 Å². The van der Waals surface area contributed by atoms with Gasteiger partial charge >= 0.3 is 5.97 Å². The molecule has 94 valence electrons. The van der Waals surface area contributed by atoms with Crippen LogP contribution in [-0.2, 0) is 16.1 Å². The van der Waals surface area contributed by atoms with Crippen LogP contribution >= 0.6 is 0 Å². The molecule has 0 fully saturated rings. The lowest BCUT2D eigenvalue weighted by molar-refractivity contribution is -0.156. The van der Waals surface area contributed by atoms with Gasteiger partial charge in [-0.15, -0.1) is 0 Å². The van der Waals surface area contributed by atoms with Gasteiger partial charge in [-0.1, -0.05) is 24.3 Å². The first-order valence-corrected chi connectivity index (χ1v) is 5.61. The second-order valence-corrected chi connectivity index (χ2v) is 4.96. The molecule has 0 aromatic heterocycles. The van der Waals surface area contributed by atoms with Gasteiger partial charge in [0.15, 0.2) is 0 Å². The maximum absolute atomic E-state index is 11.7. The maximum atomic E-state index is 11.7. The van der Waals surface area contributed by atoms with Crippen molar-refractivity contribution < 1.29 is 9.53 Å². The monoisotopic (exact) mass is 236 g/mol. The summed E-state index contributed by atoms with van der Waals surface area (Å²) in [5, 5.41) is 0. The average molecular weight is 236 g/mol. The van der Waals surface area contributed by atoms with Crippen molar-refractivity contribution in [2.45, 2.75) is 39.0 Å². The van der Waals surface area contributed by atoms with Gasteiger partial charge in [-0.05, 0) is 31.9 Å². The van der Waals surface area contributed by atoms with Gasteiger partial charge < -0.3 is 16.2 Å². The fraction of sp³-hybridized carbons (Fsp3) is 0.462. The molecule has 0 heterocycles. The number of hydrogen-bond acceptors (Lipinski definition) is 4. The van der Waals surface area contributed by atoms with Crippen LogP contribution in [0.3, 0.4) is 0 Å². The molecule has 0 aliphatic rings. The van der Waals surface area contributed by atoms with E-state index in [4.69, 9.17) is 16.2 Å². The second kappa shape index (κ2) is 5.29. The summed E-state index contributed by atoms with van der Waals surface area (Å²) in [5.41, 5.74) is 12.5. The quantitative estimate of drug-likeness (QED) is 0.779. The molecule has 4 heteroatoms. The van der Waals surface area contributed by atoms with Crippen molar-refractivity contribution in [2.75, 3.05) is 0 Å². The summed E-state index contributed by atoms with van der Waals surface area (Å²) in [7, 11) is 0. The van der Waals surface area contributed by atoms with Crippen molar-refractivity contribution in [3.63, 3.8) is 0 Å². The normalized spacial score (nSPS) is 13.2. The summed E-state index contributed by atoms with van der Waals surface area (Å²) in [5.74, 6) is -0.419. The van der Waals surface area contributed by atoms with Crippen molar-refractivity contribution in [2.24, 2.45) is 11.5 Å². The first kappa shape index (κ1) is 13.7. The molecule has 0 aliphatic carbocycles. The van der Waals surface area contributed by atoms with E-state index in [2.05, 4.69) is 0 Å². The van der Waals surface area contributed by atoms with Crippen LogP contribution in [0.2, 0.25) is 0 Å². The van der Waals surface area contributed by atoms with Crippen molar-refractivity contribution in [3.8, 4) is 0 Å². The second-order valence-electron chi connectivity index (χ2n) is 4.96. The fourth-order valence-electron chi connectivity index (χ4n) is 1.36. The molecule has 1 unspecified atom stereocenters. The van der Waals surface area contributed by atoms with E-state index in [9.17, 15) is 4.79 Å². The van der Waals surface area contributed by atoms with Crippen LogP contribution in [0.5, 0.6) is 0 Å². The summed E-state index contributed by atoms with van der Waals surface area (Å²) < 4.78 is 5.22. The minimum Gasteiger partial charge on any atom is -0.459 e. The Morgan fingerprint density at radius 3 is 2.24 bits per heavy atom. The van der Waals surface area contributed by atoms with E-state index < -0.39 is 17.6 Å². The average Bonchev–Trinajstić information content (AvgIpc) is 2.26. The lowest BCUT2D eigenvalue weighted by Crippen LogP contribution is -2.31. The lowest BCUT2D eigenvalue weighted by Gasteiger charge is -2.22. The number of carbonyl (C=O) groups is 1. The maximum Gasteiger partial charge on any atom is 0.328 e. The summed E-state index contributed by atoms with van der Waals surface area (Å²) in [6.45, 7) is 5.92. The van der Waals surface area contributed by atoms with Crippen LogP contribution in [0, 0.1) is 0 Å². The molecule has 0 aliphatic heterocycles. The number of nitrogens with two attached hydrogens (primary N) is 2. The van der Waals surface area contributed by atoms with Gasteiger partial charge in [-0.3, -0.25) is 0 Å². The Labute approximate surface area is 102 Å². The van der Waals surface area contributed by atoms with E-state index in [1.54, 1.807) is 12.1 Å². The number of benzene rings is 1. The molecule has 0 saturated heterocycles. The van der Waals surface area contributed by atoms with E-state index in [0.717, 1.165) is 11.1 Å². The van der Waals surface area contributed by atoms with Crippen molar-refractivity contribution in [3.05, 3.63) is 35.4 Å². The van der Waals surface area contributed by atoms with Gasteiger partial charge in [0.1, 0.15) is 11.6 Å². The number of carbonyl (C=O) groups excluding carboxylic acids is 1. The third kappa shape index (κ3) is 4.17. The van der Waals surface area contributed by atoms with Crippen LogP contribution in [-0.4, -0.2) is 11.6 Å². The first-order chi connectivity index (χ1) is 7.83. The largest absolute Gasteiger partial charge is 0.459 e. The summed E-state index contributed by atoms with van der Waals surface area (Å²) >= 11 is 0. The summed E-state index contributed by atoms with van der Waals surface area (Å²) in [6.07, 6.45) is 0. The predicted molar refractivity (Wildman–Crippen MR) is 67.1 cm³/mol. The molecular formula is C13H20N2O2. The highest BCUT2D eigenvalue weighted by molar-refractivity contribution is 5.77. The van der Waals surface area contributed by atoms with Crippen molar-refractivity contribution in [1.82, 2.24) is 0 Å². The third-order valence-electron chi connectivity index (χ3n) is 2.24. The van der Waals surface area contributed by atoms with Gasteiger partial charge in [-0.2, -0.15) is 0 Å². The van der Waals surface area contributed by atoms with Crippen LogP contribution in [0.25, 0.3) is 0 Å². The molecule has 0 saturated carbocycles. The summed E-state index contributed by atoms with van der Waals surface area (Å²) in [6, 6.07) is 6.58. The van der Waals surface area contributed by atoms with E-state index in [0.29, 0.717) is 6.54 Å². The Hall–Kier alpha value is -1.39. The first-order valence-electron chi connectivity index (χ1n) is 5.61. The predicted octanol–water partition coefficient (Wildman–Crippen LogP) is 1.49. The van der Waals surface area contributed by atoms with Crippen LogP contribution in [0.4, 0.5) is 0 Å². The Morgan fingerprint density at radius 2 is 1.82 bits per heavy atom. The molecule has 4 nitrogen and oxygen atoms in total. The number of ether oxygens (including phenoxy) is 1. The third-order valence-corrected chi connectivity index (χ3v) is 2.24. The molecule has 1 rings (SSSR count). The minimum absolute atomic E-state index is 0.419. The van der Waals surface area contributed by atoms with E-state index in [1.165, 1.54) is 0 Å². The fourth-order valence-corrected chi connectivity index (χ4v) is 1.36. The number of esters is 1. The lowest BCUT2D eigenvalue weighted by atomic mass is 10.1. The van der Waals surface area contributed by atoms with Crippen molar-refractivity contribution >= 4 is 5.97 Å². The number of hydrogen-bond donors (Lipinski definition) is 2. The molecule has 17 heavy (non-hydrogen) atoms. The molecule has 0 spiro atoms. The summed E-state index contributed by atoms with van der Waals surface area (Å²) in [4.78, 5) is 11.7. The zero-order valence-electron chi connectivity index (χ0n) is 10.6. The highest BCUT2D eigenvalue weighted by Gasteiger charge is 2.23. The molecule has 0 amide bonds. The molecule has 1 aromatic carbocycles. The van der Waals surface area contributed by atoms with Gasteiger partial charge in [0.2, 0.25) is 0 Å². The molecule has 0 radical (unpaired) electrons. The zero-order chi connectivity index (χ0) is 13.1. The standard InChI is InChI=1S/C13H20N2O2/c1-13(2,3)17-12(16)11(15)10-6-4-9(8-14)5-7-10/h4-7,11H,8,14-15H2,1-3H3. The topological polar surface area (TPSA) is 78.3 Å². The Bertz CT molecular complexity index is 379. The van der Waals surface area contributed by atoms with Crippen LogP contribution < -0.4 is 11.5 Å². The van der Waals surface area contributed by atoms with Gasteiger partial charge in [0, 0.05) is 6.54 Å². The molecule has 0 bridgehead atoms. The SMILES string of the molecule is CC(C)(C)OC(=O)C(N)c1ccc(CN)cc1. The van der Waals surface area contributed by atoms with E-state index in [1.807, 2.05) is 32.9 Å². The molecule has 1 atom stereocenters. The van der Waals surface area contributed by atoms with Gasteiger partial charge in [0.05, 0.1) is 0 Å². The van der Waals surface area contributed by atoms with Crippen LogP contribution in [0.15, 0.2) is 24.3 Å². The highest BCUT2D eigenvalue weighted by Crippen LogP contribution is 2.17. The Balaban J connectivity index is 2.74. The van der Waals surface area contributed by atoms with Gasteiger partial charge in [-0.25, -0.2) is 4.79 Å². The highest BCUT2D eigenvalue weighted by atomic mass is 16.6. The molecule has 4 N–H and O–H groups in total. The molecular weight excluding hydrogens is 216 g/mol. The van der Waals surface area contributed by atoms with Crippen LogP contribution in [0.1, 0.15) is 37.9 Å². The zero-order valence-corrected chi connectivity index (χ0v) is 10.6. The smallest absolute Gasteiger partial charge is 0.328 e. The Kier molecular flexibility index (Phi) is 4.26. The molecule has 1 aromatic rings. The number of rotatable bonds is 3. The van der Waals surface area contributed by atoms with Crippen molar-refractivity contribution in [1.29, 1.82) is 0 Å².